The summed E-state index contributed by atoms with van der Waals surface area (Å²) in [6, 6.07) is 13.3. The van der Waals surface area contributed by atoms with Crippen LogP contribution in [0.1, 0.15) is 65.5 Å². The Morgan fingerprint density at radius 3 is 2.64 bits per heavy atom. The van der Waals surface area contributed by atoms with Crippen LogP contribution in [0.3, 0.4) is 0 Å². The number of carbonyl (C=O) groups excluding carboxylic acids is 2. The predicted molar refractivity (Wildman–Crippen MR) is 165 cm³/mol. The SMILES string of the molecule is COCCOc1cc(N2CCC(C(N)=O)C2)nc(F)c1-c1cc2nc(C(=O)N3CCc4ccccc4[C@H]3C)cc(C3CC3)n2n1. The van der Waals surface area contributed by atoms with Gasteiger partial charge in [-0.15, -0.1) is 0 Å². The van der Waals surface area contributed by atoms with Gasteiger partial charge in [-0.2, -0.15) is 9.49 Å². The average Bonchev–Trinajstić information content (AvgIpc) is 3.59. The zero-order valence-electron chi connectivity index (χ0n) is 25.4. The molecule has 0 spiro atoms. The lowest BCUT2D eigenvalue weighted by atomic mass is 9.93. The van der Waals surface area contributed by atoms with Gasteiger partial charge in [0.15, 0.2) is 5.65 Å². The number of benzene rings is 1. The first-order valence-corrected chi connectivity index (χ1v) is 15.5. The van der Waals surface area contributed by atoms with Crippen molar-refractivity contribution in [1.82, 2.24) is 24.5 Å². The molecule has 234 valence electrons. The van der Waals surface area contributed by atoms with E-state index in [2.05, 4.69) is 17.1 Å². The Hall–Kier alpha value is -4.58. The Morgan fingerprint density at radius 2 is 1.89 bits per heavy atom. The Labute approximate surface area is 260 Å². The number of halogens is 1. The topological polar surface area (TPSA) is 128 Å². The van der Waals surface area contributed by atoms with Crippen LogP contribution in [-0.2, 0) is 16.0 Å². The highest BCUT2D eigenvalue weighted by molar-refractivity contribution is 5.93. The molecule has 3 aliphatic rings. The fourth-order valence-electron chi connectivity index (χ4n) is 6.52. The van der Waals surface area contributed by atoms with E-state index < -0.39 is 5.95 Å². The normalized spacial score (nSPS) is 19.6. The Bertz CT molecular complexity index is 1790. The molecule has 3 aromatic heterocycles. The smallest absolute Gasteiger partial charge is 0.273 e. The van der Waals surface area contributed by atoms with E-state index in [4.69, 9.17) is 25.3 Å². The molecule has 1 saturated carbocycles. The van der Waals surface area contributed by atoms with Crippen molar-refractivity contribution in [1.29, 1.82) is 0 Å². The minimum atomic E-state index is -0.754. The van der Waals surface area contributed by atoms with Gasteiger partial charge in [0, 0.05) is 50.5 Å². The lowest BCUT2D eigenvalue weighted by Gasteiger charge is -2.35. The zero-order chi connectivity index (χ0) is 31.2. The van der Waals surface area contributed by atoms with Crippen LogP contribution < -0.4 is 15.4 Å². The van der Waals surface area contributed by atoms with Crippen LogP contribution in [0.2, 0.25) is 0 Å². The lowest BCUT2D eigenvalue weighted by molar-refractivity contribution is -0.121. The molecule has 2 atom stereocenters. The highest BCUT2D eigenvalue weighted by atomic mass is 19.1. The molecular weight excluding hydrogens is 577 g/mol. The van der Waals surface area contributed by atoms with E-state index in [1.54, 1.807) is 23.8 Å². The second-order valence-electron chi connectivity index (χ2n) is 12.1. The molecule has 0 radical (unpaired) electrons. The molecule has 2 aliphatic heterocycles. The number of aromatic nitrogens is 4. The predicted octanol–water partition coefficient (Wildman–Crippen LogP) is 3.90. The largest absolute Gasteiger partial charge is 0.490 e. The molecule has 2 N–H and O–H groups in total. The number of pyridine rings is 1. The zero-order valence-corrected chi connectivity index (χ0v) is 25.4. The molecular formula is C33H36FN7O4. The molecule has 4 aromatic rings. The summed E-state index contributed by atoms with van der Waals surface area (Å²) < 4.78 is 28.8. The maximum Gasteiger partial charge on any atom is 0.273 e. The van der Waals surface area contributed by atoms with Gasteiger partial charge in [0.2, 0.25) is 11.9 Å². The molecule has 5 heterocycles. The van der Waals surface area contributed by atoms with Crippen molar-refractivity contribution in [3.8, 4) is 17.0 Å². The highest BCUT2D eigenvalue weighted by Crippen LogP contribution is 2.42. The minimum Gasteiger partial charge on any atom is -0.490 e. The van der Waals surface area contributed by atoms with Gasteiger partial charge in [-0.1, -0.05) is 24.3 Å². The maximum absolute atomic E-state index is 16.0. The summed E-state index contributed by atoms with van der Waals surface area (Å²) in [4.78, 5) is 38.4. The number of carbonyl (C=O) groups is 2. The van der Waals surface area contributed by atoms with Crippen molar-refractivity contribution in [2.75, 3.05) is 44.9 Å². The van der Waals surface area contributed by atoms with Crippen molar-refractivity contribution < 1.29 is 23.5 Å². The molecule has 0 bridgehead atoms. The number of rotatable bonds is 9. The number of anilines is 1. The third-order valence-corrected chi connectivity index (χ3v) is 9.17. The van der Waals surface area contributed by atoms with Gasteiger partial charge in [-0.3, -0.25) is 9.59 Å². The van der Waals surface area contributed by atoms with Crippen molar-refractivity contribution in [2.24, 2.45) is 11.7 Å². The summed E-state index contributed by atoms with van der Waals surface area (Å²) in [5, 5.41) is 4.78. The minimum absolute atomic E-state index is 0.0790. The molecule has 7 rings (SSSR count). The monoisotopic (exact) mass is 613 g/mol. The number of amides is 2. The molecule has 1 aromatic carbocycles. The number of ether oxygens (including phenoxy) is 2. The molecule has 2 amide bonds. The van der Waals surface area contributed by atoms with E-state index in [1.165, 1.54) is 5.56 Å². The van der Waals surface area contributed by atoms with Crippen LogP contribution in [0.25, 0.3) is 16.9 Å². The van der Waals surface area contributed by atoms with Gasteiger partial charge in [-0.25, -0.2) is 14.5 Å². The van der Waals surface area contributed by atoms with Crippen LogP contribution in [0.5, 0.6) is 5.75 Å². The molecule has 1 aliphatic carbocycles. The molecule has 1 saturated heterocycles. The van der Waals surface area contributed by atoms with E-state index in [1.807, 2.05) is 34.9 Å². The molecule has 2 fully saturated rings. The summed E-state index contributed by atoms with van der Waals surface area (Å²) in [5.74, 6) is -0.737. The first-order chi connectivity index (χ1) is 21.8. The third kappa shape index (κ3) is 5.47. The Morgan fingerprint density at radius 1 is 1.07 bits per heavy atom. The Kier molecular flexibility index (Phi) is 7.60. The van der Waals surface area contributed by atoms with Crippen LogP contribution in [0.4, 0.5) is 10.2 Å². The maximum atomic E-state index is 16.0. The van der Waals surface area contributed by atoms with E-state index in [0.29, 0.717) is 55.5 Å². The van der Waals surface area contributed by atoms with Crippen LogP contribution in [0.15, 0.2) is 42.5 Å². The highest BCUT2D eigenvalue weighted by Gasteiger charge is 2.34. The quantitative estimate of drug-likeness (QED) is 0.222. The van der Waals surface area contributed by atoms with Gasteiger partial charge in [0.1, 0.15) is 29.6 Å². The van der Waals surface area contributed by atoms with Crippen LogP contribution in [0, 0.1) is 11.9 Å². The van der Waals surface area contributed by atoms with Crippen molar-refractivity contribution >= 4 is 23.3 Å². The van der Waals surface area contributed by atoms with Gasteiger partial charge in [0.25, 0.3) is 5.91 Å². The van der Waals surface area contributed by atoms with E-state index in [-0.39, 0.29) is 47.6 Å². The molecule has 12 heteroatoms. The summed E-state index contributed by atoms with van der Waals surface area (Å²) in [6.45, 7) is 4.03. The molecule has 1 unspecified atom stereocenters. The van der Waals surface area contributed by atoms with Crippen molar-refractivity contribution in [3.05, 3.63) is 70.9 Å². The second-order valence-corrected chi connectivity index (χ2v) is 12.1. The number of hydrogen-bond acceptors (Lipinski definition) is 8. The molecule has 11 nitrogen and oxygen atoms in total. The number of nitrogens with zero attached hydrogens (tertiary/aromatic N) is 6. The number of methoxy groups -OCH3 is 1. The number of primary amides is 1. The number of nitrogens with two attached hydrogens (primary N) is 1. The summed E-state index contributed by atoms with van der Waals surface area (Å²) >= 11 is 0. The fraction of sp³-hybridized carbons (Fsp3) is 0.424. The third-order valence-electron chi connectivity index (χ3n) is 9.17. The summed E-state index contributed by atoms with van der Waals surface area (Å²) in [7, 11) is 1.56. The Balaban J connectivity index is 1.26. The fourth-order valence-corrected chi connectivity index (χ4v) is 6.52. The first-order valence-electron chi connectivity index (χ1n) is 15.5. The number of hydrogen-bond donors (Lipinski definition) is 1. The van der Waals surface area contributed by atoms with Crippen molar-refractivity contribution in [3.63, 3.8) is 0 Å². The summed E-state index contributed by atoms with van der Waals surface area (Å²) in [5.41, 5.74) is 10.0. The van der Waals surface area contributed by atoms with Crippen LogP contribution >= 0.6 is 0 Å². The van der Waals surface area contributed by atoms with Gasteiger partial charge < -0.3 is 25.0 Å². The van der Waals surface area contributed by atoms with Crippen molar-refractivity contribution in [2.45, 2.75) is 44.6 Å². The van der Waals surface area contributed by atoms with Gasteiger partial charge in [-0.05, 0) is 49.8 Å². The van der Waals surface area contributed by atoms with E-state index in [0.717, 1.165) is 30.5 Å². The number of fused-ring (bicyclic) bond motifs is 2. The molecule has 45 heavy (non-hydrogen) atoms. The van der Waals surface area contributed by atoms with Gasteiger partial charge >= 0.3 is 0 Å². The van der Waals surface area contributed by atoms with Gasteiger partial charge in [0.05, 0.1) is 24.1 Å². The average molecular weight is 614 g/mol. The van der Waals surface area contributed by atoms with Crippen LogP contribution in [-0.4, -0.2) is 76.3 Å². The first kappa shape index (κ1) is 29.1. The van der Waals surface area contributed by atoms with E-state index >= 15 is 4.39 Å². The van der Waals surface area contributed by atoms with E-state index in [9.17, 15) is 9.59 Å². The summed E-state index contributed by atoms with van der Waals surface area (Å²) in [6.07, 6.45) is 3.32. The lowest BCUT2D eigenvalue weighted by Crippen LogP contribution is -2.39. The standard InChI is InChI=1S/C33H36FN7O4/c1-19-23-6-4-3-5-20(23)10-12-40(19)33(43)25-15-26(21-7-8-21)41-29(36-25)16-24(38-41)30-27(45-14-13-44-2)17-28(37-31(30)34)39-11-9-22(18-39)32(35)42/h3-6,15-17,19,21-22H,7-14,18H2,1-2H3,(H2,35,42)/t19-,22?/m1/s1. The second kappa shape index (κ2) is 11.7.